The van der Waals surface area contributed by atoms with E-state index in [0.29, 0.717) is 5.56 Å². The second-order valence-electron chi connectivity index (χ2n) is 5.00. The van der Waals surface area contributed by atoms with Gasteiger partial charge in [0.2, 0.25) is 5.90 Å². The fourth-order valence-corrected chi connectivity index (χ4v) is 2.17. The largest absolute Gasteiger partial charge is 0.402 e. The van der Waals surface area contributed by atoms with Gasteiger partial charge in [-0.15, -0.1) is 0 Å². The summed E-state index contributed by atoms with van der Waals surface area (Å²) in [6.45, 7) is 0. The molecule has 1 aliphatic rings. The number of esters is 1. The van der Waals surface area contributed by atoms with E-state index in [1.807, 2.05) is 0 Å². The number of carbonyl (C=O) groups excluding carboxylic acids is 1. The summed E-state index contributed by atoms with van der Waals surface area (Å²) in [7, 11) is 0. The van der Waals surface area contributed by atoms with Crippen LogP contribution in [0.5, 0.6) is 0 Å². The predicted octanol–water partition coefficient (Wildman–Crippen LogP) is 2.85. The van der Waals surface area contributed by atoms with Gasteiger partial charge >= 0.3 is 5.97 Å². The molecule has 2 aromatic carbocycles. The highest BCUT2D eigenvalue weighted by molar-refractivity contribution is 6.13. The Morgan fingerprint density at radius 2 is 1.60 bits per heavy atom. The van der Waals surface area contributed by atoms with Crippen molar-refractivity contribution in [1.82, 2.24) is 0 Å². The third kappa shape index (κ3) is 3.39. The maximum atomic E-state index is 11.9. The molecule has 9 heteroatoms. The second kappa shape index (κ2) is 6.32. The number of ether oxygens (including phenoxy) is 1. The molecule has 124 valence electrons. The summed E-state index contributed by atoms with van der Waals surface area (Å²) < 4.78 is 5.03. The molecule has 0 aromatic heterocycles. The standard InChI is InChI=1S/C16H9N3O6/c20-16-14(8-10-3-1-5-12(7-10)18(21)22)17-15(25-16)11-4-2-6-13(9-11)19(23)24/h1-9H. The Bertz CT molecular complexity index is 964. The van der Waals surface area contributed by atoms with Crippen molar-refractivity contribution in [1.29, 1.82) is 0 Å². The van der Waals surface area contributed by atoms with Crippen LogP contribution in [0.3, 0.4) is 0 Å². The second-order valence-corrected chi connectivity index (χ2v) is 5.00. The topological polar surface area (TPSA) is 125 Å². The zero-order valence-corrected chi connectivity index (χ0v) is 12.5. The average molecular weight is 339 g/mol. The van der Waals surface area contributed by atoms with Crippen molar-refractivity contribution in [3.8, 4) is 0 Å². The molecule has 1 heterocycles. The van der Waals surface area contributed by atoms with Gasteiger partial charge in [0.15, 0.2) is 5.70 Å². The van der Waals surface area contributed by atoms with Crippen LogP contribution in [0, 0.1) is 20.2 Å². The maximum absolute atomic E-state index is 11.9. The quantitative estimate of drug-likeness (QED) is 0.365. The summed E-state index contributed by atoms with van der Waals surface area (Å²) in [5.74, 6) is -0.807. The molecule has 0 radical (unpaired) electrons. The van der Waals surface area contributed by atoms with Crippen LogP contribution in [0.2, 0.25) is 0 Å². The molecule has 2 aromatic rings. The summed E-state index contributed by atoms with van der Waals surface area (Å²) >= 11 is 0. The first kappa shape index (κ1) is 16.0. The van der Waals surface area contributed by atoms with E-state index in [0.717, 1.165) is 0 Å². The number of nitro benzene ring substituents is 2. The molecule has 25 heavy (non-hydrogen) atoms. The molecule has 0 saturated carbocycles. The van der Waals surface area contributed by atoms with E-state index >= 15 is 0 Å². The molecular weight excluding hydrogens is 330 g/mol. The highest BCUT2D eigenvalue weighted by atomic mass is 16.6. The Morgan fingerprint density at radius 3 is 2.28 bits per heavy atom. The Morgan fingerprint density at radius 1 is 0.960 bits per heavy atom. The first-order chi connectivity index (χ1) is 11.9. The van der Waals surface area contributed by atoms with Gasteiger partial charge in [-0.1, -0.05) is 18.2 Å². The van der Waals surface area contributed by atoms with E-state index < -0.39 is 15.8 Å². The lowest BCUT2D eigenvalue weighted by Crippen LogP contribution is -2.05. The molecule has 0 unspecified atom stereocenters. The first-order valence-electron chi connectivity index (χ1n) is 6.96. The summed E-state index contributed by atoms with van der Waals surface area (Å²) in [4.78, 5) is 36.4. The fraction of sp³-hybridized carbons (Fsp3) is 0. The van der Waals surface area contributed by atoms with E-state index in [4.69, 9.17) is 4.74 Å². The van der Waals surface area contributed by atoms with Crippen molar-refractivity contribution in [3.05, 3.63) is 85.6 Å². The van der Waals surface area contributed by atoms with Crippen LogP contribution < -0.4 is 0 Å². The first-order valence-corrected chi connectivity index (χ1v) is 6.96. The number of aliphatic imine (C=N–C) groups is 1. The number of benzene rings is 2. The van der Waals surface area contributed by atoms with Gasteiger partial charge in [-0.3, -0.25) is 20.2 Å². The van der Waals surface area contributed by atoms with Crippen LogP contribution in [0.4, 0.5) is 11.4 Å². The molecular formula is C16H9N3O6. The van der Waals surface area contributed by atoms with Gasteiger partial charge in [0.05, 0.1) is 9.85 Å². The van der Waals surface area contributed by atoms with Crippen LogP contribution >= 0.6 is 0 Å². The van der Waals surface area contributed by atoms with Crippen LogP contribution in [0.15, 0.2) is 59.2 Å². The minimum atomic E-state index is -0.743. The number of nitrogens with zero attached hydrogens (tertiary/aromatic N) is 3. The third-order valence-electron chi connectivity index (χ3n) is 3.31. The van der Waals surface area contributed by atoms with Crippen molar-refractivity contribution >= 4 is 29.3 Å². The van der Waals surface area contributed by atoms with Crippen molar-refractivity contribution in [2.24, 2.45) is 4.99 Å². The molecule has 0 bridgehead atoms. The molecule has 0 spiro atoms. The van der Waals surface area contributed by atoms with Crippen LogP contribution in [-0.2, 0) is 9.53 Å². The summed E-state index contributed by atoms with van der Waals surface area (Å²) in [5, 5.41) is 21.6. The van der Waals surface area contributed by atoms with Crippen molar-refractivity contribution in [2.75, 3.05) is 0 Å². The van der Waals surface area contributed by atoms with E-state index in [9.17, 15) is 25.0 Å². The Labute approximate surface area is 140 Å². The Balaban J connectivity index is 1.95. The van der Waals surface area contributed by atoms with Crippen molar-refractivity contribution < 1.29 is 19.4 Å². The molecule has 0 aliphatic carbocycles. The minimum absolute atomic E-state index is 0.0537. The number of non-ortho nitro benzene ring substituents is 2. The van der Waals surface area contributed by atoms with Gasteiger partial charge in [-0.2, -0.15) is 0 Å². The van der Waals surface area contributed by atoms with Crippen LogP contribution in [0.1, 0.15) is 11.1 Å². The number of carbonyl (C=O) groups is 1. The number of rotatable bonds is 4. The summed E-state index contributed by atoms with van der Waals surface area (Å²) in [6.07, 6.45) is 1.35. The van der Waals surface area contributed by atoms with Gasteiger partial charge in [-0.05, 0) is 17.7 Å². The fourth-order valence-electron chi connectivity index (χ4n) is 2.17. The van der Waals surface area contributed by atoms with Crippen molar-refractivity contribution in [3.63, 3.8) is 0 Å². The van der Waals surface area contributed by atoms with Gasteiger partial charge < -0.3 is 4.74 Å². The molecule has 0 fully saturated rings. The molecule has 0 saturated heterocycles. The van der Waals surface area contributed by atoms with Crippen LogP contribution in [0.25, 0.3) is 6.08 Å². The highest BCUT2D eigenvalue weighted by Crippen LogP contribution is 2.22. The molecule has 0 amide bonds. The smallest absolute Gasteiger partial charge is 0.363 e. The minimum Gasteiger partial charge on any atom is -0.402 e. The van der Waals surface area contributed by atoms with Crippen molar-refractivity contribution in [2.45, 2.75) is 0 Å². The normalized spacial score (nSPS) is 15.0. The number of nitro groups is 2. The Hall–Kier alpha value is -3.88. The van der Waals surface area contributed by atoms with Gasteiger partial charge in [0, 0.05) is 29.8 Å². The summed E-state index contributed by atoms with van der Waals surface area (Å²) in [5.41, 5.74) is 0.355. The molecule has 9 nitrogen and oxygen atoms in total. The third-order valence-corrected chi connectivity index (χ3v) is 3.31. The molecule has 0 atom stereocenters. The summed E-state index contributed by atoms with van der Waals surface area (Å²) in [6, 6.07) is 11.2. The van der Waals surface area contributed by atoms with E-state index in [1.54, 1.807) is 6.07 Å². The van der Waals surface area contributed by atoms with E-state index in [2.05, 4.69) is 4.99 Å². The van der Waals surface area contributed by atoms with Gasteiger partial charge in [0.1, 0.15) is 0 Å². The monoisotopic (exact) mass is 339 g/mol. The SMILES string of the molecule is O=C1OC(c2cccc([N+](=O)[O-])c2)=NC1=Cc1cccc([N+](=O)[O-])c1. The zero-order chi connectivity index (χ0) is 18.0. The Kier molecular flexibility index (Phi) is 4.04. The number of hydrogen-bond donors (Lipinski definition) is 0. The highest BCUT2D eigenvalue weighted by Gasteiger charge is 2.25. The van der Waals surface area contributed by atoms with Crippen LogP contribution in [-0.4, -0.2) is 21.7 Å². The lowest BCUT2D eigenvalue weighted by Gasteiger charge is -1.98. The average Bonchev–Trinajstić information content (AvgIpc) is 2.96. The molecule has 0 N–H and O–H groups in total. The van der Waals surface area contributed by atoms with Gasteiger partial charge in [-0.25, -0.2) is 9.79 Å². The lowest BCUT2D eigenvalue weighted by molar-refractivity contribution is -0.385. The maximum Gasteiger partial charge on any atom is 0.363 e. The zero-order valence-electron chi connectivity index (χ0n) is 12.5. The van der Waals surface area contributed by atoms with Gasteiger partial charge in [0.25, 0.3) is 11.4 Å². The number of cyclic esters (lactones) is 1. The van der Waals surface area contributed by atoms with E-state index in [-0.39, 0.29) is 28.5 Å². The lowest BCUT2D eigenvalue weighted by atomic mass is 10.1. The molecule has 3 rings (SSSR count). The van der Waals surface area contributed by atoms with E-state index in [1.165, 1.54) is 48.5 Å². The predicted molar refractivity (Wildman–Crippen MR) is 86.8 cm³/mol. The molecule has 1 aliphatic heterocycles. The number of hydrogen-bond acceptors (Lipinski definition) is 7.